The molecule has 0 spiro atoms. The van der Waals surface area contributed by atoms with Crippen molar-refractivity contribution in [2.24, 2.45) is 0 Å². The van der Waals surface area contributed by atoms with Gasteiger partial charge in [0.05, 0.1) is 31.3 Å². The van der Waals surface area contributed by atoms with Crippen molar-refractivity contribution in [2.45, 2.75) is 23.9 Å². The lowest BCUT2D eigenvalue weighted by atomic mass is 10.0. The normalized spacial score (nSPS) is 16.8. The minimum Gasteiger partial charge on any atom is -0.484 e. The van der Waals surface area contributed by atoms with E-state index in [1.54, 1.807) is 17.0 Å². The zero-order valence-electron chi connectivity index (χ0n) is 26.0. The van der Waals surface area contributed by atoms with E-state index in [-0.39, 0.29) is 29.9 Å². The van der Waals surface area contributed by atoms with Crippen molar-refractivity contribution in [1.82, 2.24) is 19.4 Å². The van der Waals surface area contributed by atoms with E-state index < -0.39 is 16.1 Å². The smallest absolute Gasteiger partial charge is 0.261 e. The van der Waals surface area contributed by atoms with Crippen molar-refractivity contribution < 1.29 is 32.2 Å². The van der Waals surface area contributed by atoms with Gasteiger partial charge >= 0.3 is 0 Å². The third-order valence-electron chi connectivity index (χ3n) is 8.09. The number of rotatable bonds is 14. The fourth-order valence-corrected chi connectivity index (χ4v) is 6.89. The van der Waals surface area contributed by atoms with Crippen LogP contribution < -0.4 is 10.1 Å². The van der Waals surface area contributed by atoms with Gasteiger partial charge in [-0.25, -0.2) is 8.42 Å². The lowest BCUT2D eigenvalue weighted by Gasteiger charge is -2.32. The molecule has 2 heterocycles. The largest absolute Gasteiger partial charge is 0.484 e. The molecule has 3 aromatic carbocycles. The molecule has 12 heteroatoms. The van der Waals surface area contributed by atoms with Gasteiger partial charge in [-0.05, 0) is 35.4 Å². The number of hydrogen-bond donors (Lipinski definition) is 1. The van der Waals surface area contributed by atoms with Gasteiger partial charge in [-0.15, -0.1) is 0 Å². The maximum atomic E-state index is 13.9. The third-order valence-corrected chi connectivity index (χ3v) is 10.0. The molecule has 2 saturated heterocycles. The maximum absolute atomic E-state index is 13.9. The van der Waals surface area contributed by atoms with Gasteiger partial charge in [0.1, 0.15) is 11.8 Å². The minimum atomic E-state index is -3.65. The average molecular weight is 651 g/mol. The Bertz CT molecular complexity index is 1500. The van der Waals surface area contributed by atoms with E-state index in [2.05, 4.69) is 10.2 Å². The second-order valence-electron chi connectivity index (χ2n) is 11.2. The number of amides is 2. The summed E-state index contributed by atoms with van der Waals surface area (Å²) in [5.74, 6) is -0.249. The Balaban J connectivity index is 1.30. The molecule has 11 nitrogen and oxygen atoms in total. The van der Waals surface area contributed by atoms with Gasteiger partial charge in [-0.1, -0.05) is 60.7 Å². The molecule has 2 aliphatic rings. The van der Waals surface area contributed by atoms with Crippen LogP contribution in [0.1, 0.15) is 11.1 Å². The van der Waals surface area contributed by atoms with E-state index >= 15 is 0 Å². The Kier molecular flexibility index (Phi) is 12.2. The molecule has 0 radical (unpaired) electrons. The highest BCUT2D eigenvalue weighted by Gasteiger charge is 2.31. The van der Waals surface area contributed by atoms with Crippen molar-refractivity contribution in [1.29, 1.82) is 0 Å². The first-order valence-electron chi connectivity index (χ1n) is 15.7. The van der Waals surface area contributed by atoms with E-state index in [4.69, 9.17) is 14.2 Å². The molecule has 5 rings (SSSR count). The highest BCUT2D eigenvalue weighted by atomic mass is 32.2. The second kappa shape index (κ2) is 16.7. The first-order valence-corrected chi connectivity index (χ1v) is 17.1. The molecule has 0 saturated carbocycles. The molecule has 2 fully saturated rings. The van der Waals surface area contributed by atoms with Crippen LogP contribution in [-0.4, -0.2) is 113 Å². The summed E-state index contributed by atoms with van der Waals surface area (Å²) in [4.78, 5) is 31.7. The topological polar surface area (TPSA) is 118 Å². The van der Waals surface area contributed by atoms with Gasteiger partial charge in [0.25, 0.3) is 5.91 Å². The summed E-state index contributed by atoms with van der Waals surface area (Å²) in [5, 5.41) is 3.07. The predicted octanol–water partition coefficient (Wildman–Crippen LogP) is 2.17. The Morgan fingerprint density at radius 1 is 0.804 bits per heavy atom. The molecule has 2 amide bonds. The van der Waals surface area contributed by atoms with Crippen LogP contribution in [0.3, 0.4) is 0 Å². The van der Waals surface area contributed by atoms with Gasteiger partial charge in [-0.2, -0.15) is 4.31 Å². The van der Waals surface area contributed by atoms with Gasteiger partial charge in [0.2, 0.25) is 15.9 Å². The summed E-state index contributed by atoms with van der Waals surface area (Å²) >= 11 is 0. The number of benzene rings is 3. The lowest BCUT2D eigenvalue weighted by molar-refractivity contribution is -0.142. The number of carbonyl (C=O) groups excluding carboxylic acids is 2. The molecule has 46 heavy (non-hydrogen) atoms. The van der Waals surface area contributed by atoms with Crippen molar-refractivity contribution in [2.75, 3.05) is 72.3 Å². The van der Waals surface area contributed by atoms with Crippen LogP contribution in [-0.2, 0) is 42.1 Å². The van der Waals surface area contributed by atoms with Crippen molar-refractivity contribution in [3.8, 4) is 5.75 Å². The second-order valence-corrected chi connectivity index (χ2v) is 13.2. The summed E-state index contributed by atoms with van der Waals surface area (Å²) in [6, 6.07) is 24.4. The molecule has 0 aromatic heterocycles. The highest BCUT2D eigenvalue weighted by Crippen LogP contribution is 2.21. The molecule has 246 valence electrons. The number of carbonyl (C=O) groups is 2. The Hall–Kier alpha value is -3.81. The predicted molar refractivity (Wildman–Crippen MR) is 173 cm³/mol. The number of sulfonamides is 1. The van der Waals surface area contributed by atoms with E-state index in [1.165, 1.54) is 16.4 Å². The highest BCUT2D eigenvalue weighted by molar-refractivity contribution is 7.89. The number of nitrogens with one attached hydrogen (secondary N) is 1. The van der Waals surface area contributed by atoms with E-state index in [1.807, 2.05) is 60.7 Å². The van der Waals surface area contributed by atoms with Gasteiger partial charge < -0.3 is 24.4 Å². The molecule has 1 atom stereocenters. The molecular weight excluding hydrogens is 608 g/mol. The van der Waals surface area contributed by atoms with Crippen LogP contribution in [0.25, 0.3) is 0 Å². The average Bonchev–Trinajstić information content (AvgIpc) is 3.10. The van der Waals surface area contributed by atoms with E-state index in [0.29, 0.717) is 64.8 Å². The standard InChI is InChI=1S/C34H42N4O7S/c39-33(27-45-30-11-13-31(14-12-30)46(41,42)37-19-23-44-24-20-37)38(26-29-9-5-2-6-10-29)32(25-28-7-3-1-4-8-28)34(40)35-15-16-36-17-21-43-22-18-36/h1-14,32H,15-27H2,(H,35,40)/t32-/m0/s1. The quantitative estimate of drug-likeness (QED) is 0.282. The third kappa shape index (κ3) is 9.36. The molecule has 0 aliphatic carbocycles. The Morgan fingerprint density at radius 3 is 2.02 bits per heavy atom. The number of morpholine rings is 2. The van der Waals surface area contributed by atoms with E-state index in [0.717, 1.165) is 24.2 Å². The number of nitrogens with zero attached hydrogens (tertiary/aromatic N) is 3. The van der Waals surface area contributed by atoms with Gasteiger partial charge in [0, 0.05) is 52.2 Å². The number of ether oxygens (including phenoxy) is 3. The Morgan fingerprint density at radius 2 is 1.39 bits per heavy atom. The summed E-state index contributed by atoms with van der Waals surface area (Å²) in [6.07, 6.45) is 0.330. The lowest BCUT2D eigenvalue weighted by Crippen LogP contribution is -2.52. The Labute approximate surface area is 271 Å². The molecule has 0 unspecified atom stereocenters. The molecule has 0 bridgehead atoms. The zero-order chi connectivity index (χ0) is 32.2. The summed E-state index contributed by atoms with van der Waals surface area (Å²) in [7, 11) is -3.65. The van der Waals surface area contributed by atoms with Crippen LogP contribution in [0, 0.1) is 0 Å². The fourth-order valence-electron chi connectivity index (χ4n) is 5.49. The summed E-state index contributed by atoms with van der Waals surface area (Å²) < 4.78 is 44.0. The van der Waals surface area contributed by atoms with E-state index in [9.17, 15) is 18.0 Å². The van der Waals surface area contributed by atoms with Crippen molar-refractivity contribution in [3.05, 3.63) is 96.1 Å². The zero-order valence-corrected chi connectivity index (χ0v) is 26.8. The first kappa shape index (κ1) is 33.6. The van der Waals surface area contributed by atoms with Crippen LogP contribution in [0.4, 0.5) is 0 Å². The van der Waals surface area contributed by atoms with Crippen LogP contribution in [0.15, 0.2) is 89.8 Å². The summed E-state index contributed by atoms with van der Waals surface area (Å²) in [5.41, 5.74) is 1.81. The fraction of sp³-hybridized carbons (Fsp3) is 0.412. The first-order chi connectivity index (χ1) is 22.4. The van der Waals surface area contributed by atoms with Crippen LogP contribution >= 0.6 is 0 Å². The molecule has 2 aliphatic heterocycles. The number of hydrogen-bond acceptors (Lipinski definition) is 8. The van der Waals surface area contributed by atoms with Crippen molar-refractivity contribution >= 4 is 21.8 Å². The van der Waals surface area contributed by atoms with Gasteiger partial charge in [-0.3, -0.25) is 14.5 Å². The van der Waals surface area contributed by atoms with Crippen LogP contribution in [0.2, 0.25) is 0 Å². The molecule has 3 aromatic rings. The molecule has 1 N–H and O–H groups in total. The minimum absolute atomic E-state index is 0.149. The summed E-state index contributed by atoms with van der Waals surface area (Å²) in [6.45, 7) is 5.36. The van der Waals surface area contributed by atoms with Crippen molar-refractivity contribution in [3.63, 3.8) is 0 Å². The monoisotopic (exact) mass is 650 g/mol. The SMILES string of the molecule is O=C(NCCN1CCOCC1)[C@H](Cc1ccccc1)N(Cc1ccccc1)C(=O)COc1ccc(S(=O)(=O)N2CCOCC2)cc1. The van der Waals surface area contributed by atoms with Crippen LogP contribution in [0.5, 0.6) is 5.75 Å². The molecular formula is C34H42N4O7S. The van der Waals surface area contributed by atoms with Gasteiger partial charge in [0.15, 0.2) is 6.61 Å². The maximum Gasteiger partial charge on any atom is 0.261 e.